The SMILES string of the molecule is CCOC(=O)C(C(=O)OCC)(c1ccccc1)[C@@H]1CC(=O)O[C@H]1OC. The number of methoxy groups -OCH3 is 1. The Kier molecular flexibility index (Phi) is 6.14. The molecule has 1 aliphatic heterocycles. The molecule has 0 unspecified atom stereocenters. The number of carbonyl (C=O) groups is 3. The fraction of sp³-hybridized carbons (Fsp3) is 0.500. The first kappa shape index (κ1) is 18.9. The molecule has 1 fully saturated rings. The van der Waals surface area contributed by atoms with Gasteiger partial charge in [0.05, 0.1) is 25.6 Å². The van der Waals surface area contributed by atoms with Crippen LogP contribution >= 0.6 is 0 Å². The molecule has 0 N–H and O–H groups in total. The monoisotopic (exact) mass is 350 g/mol. The van der Waals surface area contributed by atoms with Crippen LogP contribution in [0.2, 0.25) is 0 Å². The van der Waals surface area contributed by atoms with E-state index in [0.717, 1.165) is 0 Å². The van der Waals surface area contributed by atoms with Gasteiger partial charge in [-0.25, -0.2) is 0 Å². The van der Waals surface area contributed by atoms with E-state index in [2.05, 4.69) is 0 Å². The van der Waals surface area contributed by atoms with Crippen LogP contribution in [0.25, 0.3) is 0 Å². The van der Waals surface area contributed by atoms with E-state index >= 15 is 0 Å². The van der Waals surface area contributed by atoms with Crippen LogP contribution in [0.4, 0.5) is 0 Å². The molecule has 0 saturated carbocycles. The lowest BCUT2D eigenvalue weighted by Crippen LogP contribution is -2.54. The predicted octanol–water partition coefficient (Wildman–Crippen LogP) is 1.59. The minimum Gasteiger partial charge on any atom is -0.465 e. The molecule has 7 nitrogen and oxygen atoms in total. The van der Waals surface area contributed by atoms with Gasteiger partial charge in [0.2, 0.25) is 6.29 Å². The molecule has 1 aromatic rings. The van der Waals surface area contributed by atoms with Crippen molar-refractivity contribution in [2.24, 2.45) is 5.92 Å². The summed E-state index contributed by atoms with van der Waals surface area (Å²) in [5.74, 6) is -3.02. The van der Waals surface area contributed by atoms with Gasteiger partial charge in [-0.1, -0.05) is 30.3 Å². The molecule has 7 heteroatoms. The molecule has 1 saturated heterocycles. The molecule has 1 aliphatic rings. The topological polar surface area (TPSA) is 88.1 Å². The molecule has 0 radical (unpaired) electrons. The lowest BCUT2D eigenvalue weighted by molar-refractivity contribution is -0.182. The van der Waals surface area contributed by atoms with Crippen LogP contribution in [-0.4, -0.2) is 44.5 Å². The molecule has 0 bridgehead atoms. The van der Waals surface area contributed by atoms with E-state index in [1.165, 1.54) is 7.11 Å². The van der Waals surface area contributed by atoms with Crippen molar-refractivity contribution < 1.29 is 33.3 Å². The van der Waals surface area contributed by atoms with Gasteiger partial charge in [-0.05, 0) is 19.4 Å². The van der Waals surface area contributed by atoms with Crippen LogP contribution in [0, 0.1) is 5.92 Å². The Labute approximate surface area is 146 Å². The Balaban J connectivity index is 2.68. The zero-order valence-electron chi connectivity index (χ0n) is 14.5. The van der Waals surface area contributed by atoms with Gasteiger partial charge in [-0.15, -0.1) is 0 Å². The van der Waals surface area contributed by atoms with Crippen LogP contribution < -0.4 is 0 Å². The van der Waals surface area contributed by atoms with Crippen molar-refractivity contribution in [1.82, 2.24) is 0 Å². The van der Waals surface area contributed by atoms with Crippen molar-refractivity contribution in [3.05, 3.63) is 35.9 Å². The number of carbonyl (C=O) groups excluding carboxylic acids is 3. The molecule has 0 spiro atoms. The number of ether oxygens (including phenoxy) is 4. The summed E-state index contributed by atoms with van der Waals surface area (Å²) in [6.07, 6.45) is -1.22. The van der Waals surface area contributed by atoms with Gasteiger partial charge in [0, 0.05) is 7.11 Å². The smallest absolute Gasteiger partial charge is 0.328 e. The summed E-state index contributed by atoms with van der Waals surface area (Å²) in [5, 5.41) is 0. The van der Waals surface area contributed by atoms with Crippen molar-refractivity contribution in [1.29, 1.82) is 0 Å². The number of hydrogen-bond acceptors (Lipinski definition) is 7. The summed E-state index contributed by atoms with van der Waals surface area (Å²) >= 11 is 0. The van der Waals surface area contributed by atoms with Crippen molar-refractivity contribution in [3.8, 4) is 0 Å². The standard InChI is InChI=1S/C18H22O7/c1-4-23-16(20)18(17(21)24-5-2,12-9-7-6-8-10-12)13-11-14(19)25-15(13)22-3/h6-10,13,15H,4-5,11H2,1-3H3/t13-,15-/m1/s1. The van der Waals surface area contributed by atoms with Gasteiger partial charge < -0.3 is 18.9 Å². The number of cyclic esters (lactones) is 1. The molecular formula is C18H22O7. The van der Waals surface area contributed by atoms with Gasteiger partial charge in [0.25, 0.3) is 0 Å². The Bertz CT molecular complexity index is 608. The van der Waals surface area contributed by atoms with Crippen LogP contribution in [0.5, 0.6) is 0 Å². The summed E-state index contributed by atoms with van der Waals surface area (Å²) in [7, 11) is 1.35. The van der Waals surface area contributed by atoms with Crippen LogP contribution in [0.3, 0.4) is 0 Å². The summed E-state index contributed by atoms with van der Waals surface area (Å²) in [5.41, 5.74) is -1.47. The molecule has 0 aromatic heterocycles. The fourth-order valence-corrected chi connectivity index (χ4v) is 3.13. The van der Waals surface area contributed by atoms with Gasteiger partial charge >= 0.3 is 17.9 Å². The van der Waals surface area contributed by atoms with Crippen molar-refractivity contribution in [2.75, 3.05) is 20.3 Å². The number of esters is 3. The highest BCUT2D eigenvalue weighted by molar-refractivity contribution is 6.07. The molecule has 0 amide bonds. The number of benzene rings is 1. The minimum atomic E-state index is -1.85. The Morgan fingerprint density at radius 3 is 2.16 bits per heavy atom. The zero-order chi connectivity index (χ0) is 18.4. The molecule has 1 heterocycles. The van der Waals surface area contributed by atoms with E-state index in [-0.39, 0.29) is 19.6 Å². The first-order valence-corrected chi connectivity index (χ1v) is 8.14. The highest BCUT2D eigenvalue weighted by Crippen LogP contribution is 2.43. The first-order chi connectivity index (χ1) is 12.0. The van der Waals surface area contributed by atoms with Gasteiger partial charge in [0.1, 0.15) is 0 Å². The molecule has 25 heavy (non-hydrogen) atoms. The largest absolute Gasteiger partial charge is 0.465 e. The minimum absolute atomic E-state index is 0.0754. The molecule has 2 atom stereocenters. The third-order valence-electron chi connectivity index (χ3n) is 4.18. The highest BCUT2D eigenvalue weighted by Gasteiger charge is 2.62. The Morgan fingerprint density at radius 1 is 1.12 bits per heavy atom. The van der Waals surface area contributed by atoms with Crippen LogP contribution in [0.15, 0.2) is 30.3 Å². The van der Waals surface area contributed by atoms with Crippen LogP contribution in [0.1, 0.15) is 25.8 Å². The van der Waals surface area contributed by atoms with E-state index in [4.69, 9.17) is 18.9 Å². The van der Waals surface area contributed by atoms with E-state index in [1.807, 2.05) is 0 Å². The number of hydrogen-bond donors (Lipinski definition) is 0. The Hall–Kier alpha value is -2.41. The van der Waals surface area contributed by atoms with Gasteiger partial charge in [-0.3, -0.25) is 14.4 Å². The Morgan fingerprint density at radius 2 is 1.68 bits per heavy atom. The third-order valence-corrected chi connectivity index (χ3v) is 4.18. The van der Waals surface area contributed by atoms with Gasteiger partial charge in [0.15, 0.2) is 5.41 Å². The fourth-order valence-electron chi connectivity index (χ4n) is 3.13. The van der Waals surface area contributed by atoms with E-state index in [0.29, 0.717) is 5.56 Å². The molecule has 136 valence electrons. The van der Waals surface area contributed by atoms with Crippen LogP contribution in [-0.2, 0) is 38.7 Å². The van der Waals surface area contributed by atoms with E-state index in [9.17, 15) is 14.4 Å². The second kappa shape index (κ2) is 8.11. The van der Waals surface area contributed by atoms with Crippen molar-refractivity contribution >= 4 is 17.9 Å². The zero-order valence-corrected chi connectivity index (χ0v) is 14.5. The molecule has 1 aromatic carbocycles. The average molecular weight is 350 g/mol. The maximum Gasteiger partial charge on any atom is 0.328 e. The lowest BCUT2D eigenvalue weighted by Gasteiger charge is -2.35. The van der Waals surface area contributed by atoms with E-state index < -0.39 is 35.5 Å². The second-order valence-corrected chi connectivity index (χ2v) is 5.52. The quantitative estimate of drug-likeness (QED) is 0.419. The lowest BCUT2D eigenvalue weighted by atomic mass is 9.68. The predicted molar refractivity (Wildman–Crippen MR) is 86.4 cm³/mol. The number of rotatable bonds is 7. The molecule has 2 rings (SSSR count). The summed E-state index contributed by atoms with van der Waals surface area (Å²) < 4.78 is 20.8. The summed E-state index contributed by atoms with van der Waals surface area (Å²) in [4.78, 5) is 37.8. The summed E-state index contributed by atoms with van der Waals surface area (Å²) in [6.45, 7) is 3.43. The maximum atomic E-state index is 13.0. The second-order valence-electron chi connectivity index (χ2n) is 5.52. The summed E-state index contributed by atoms with van der Waals surface area (Å²) in [6, 6.07) is 8.41. The molecular weight excluding hydrogens is 328 g/mol. The van der Waals surface area contributed by atoms with Gasteiger partial charge in [-0.2, -0.15) is 0 Å². The highest BCUT2D eigenvalue weighted by atomic mass is 16.7. The van der Waals surface area contributed by atoms with Crippen molar-refractivity contribution in [3.63, 3.8) is 0 Å². The average Bonchev–Trinajstić information content (AvgIpc) is 2.98. The maximum absolute atomic E-state index is 13.0. The normalized spacial score (nSPS) is 20.0. The molecule has 0 aliphatic carbocycles. The first-order valence-electron chi connectivity index (χ1n) is 8.14. The van der Waals surface area contributed by atoms with Crippen molar-refractivity contribution in [2.45, 2.75) is 32.0 Å². The van der Waals surface area contributed by atoms with E-state index in [1.54, 1.807) is 44.2 Å². The third kappa shape index (κ3) is 3.37.